The maximum absolute atomic E-state index is 12.9. The molecule has 0 amide bonds. The van der Waals surface area contributed by atoms with Crippen LogP contribution in [0.3, 0.4) is 0 Å². The molecule has 1 aromatic heterocycles. The van der Waals surface area contributed by atoms with Gasteiger partial charge in [0.1, 0.15) is 11.6 Å². The lowest BCUT2D eigenvalue weighted by molar-refractivity contribution is 0.288. The Kier molecular flexibility index (Phi) is 3.57. The molecule has 1 aromatic carbocycles. The summed E-state index contributed by atoms with van der Waals surface area (Å²) in [4.78, 5) is 0. The van der Waals surface area contributed by atoms with Crippen LogP contribution < -0.4 is 5.32 Å². The Hall–Kier alpha value is -1.68. The van der Waals surface area contributed by atoms with Crippen LogP contribution in [0.1, 0.15) is 41.3 Å². The smallest absolute Gasteiger partial charge is 0.138 e. The quantitative estimate of drug-likeness (QED) is 0.927. The highest BCUT2D eigenvalue weighted by Gasteiger charge is 2.30. The Bertz CT molecular complexity index is 566. The average Bonchev–Trinajstić information content (AvgIpc) is 2.70. The first-order chi connectivity index (χ1) is 9.63. The van der Waals surface area contributed by atoms with Gasteiger partial charge in [0, 0.05) is 18.2 Å². The molecule has 0 atom stereocenters. The van der Waals surface area contributed by atoms with Gasteiger partial charge in [0.2, 0.25) is 0 Å². The molecule has 1 aliphatic carbocycles. The Labute approximate surface area is 118 Å². The SMILES string of the molecule is Cc1noc(C)c1CNC1CC(c2ccc(F)cc2)C1. The van der Waals surface area contributed by atoms with Gasteiger partial charge in [-0.2, -0.15) is 0 Å². The fourth-order valence-corrected chi connectivity index (χ4v) is 2.79. The van der Waals surface area contributed by atoms with Gasteiger partial charge in [-0.25, -0.2) is 4.39 Å². The monoisotopic (exact) mass is 274 g/mol. The van der Waals surface area contributed by atoms with Crippen molar-refractivity contribution in [1.82, 2.24) is 10.5 Å². The van der Waals surface area contributed by atoms with Crippen LogP contribution in [-0.4, -0.2) is 11.2 Å². The van der Waals surface area contributed by atoms with Crippen LogP contribution in [-0.2, 0) is 6.54 Å². The third-order valence-electron chi connectivity index (χ3n) is 4.23. The molecule has 0 radical (unpaired) electrons. The standard InChI is InChI=1S/C16H19FN2O/c1-10-16(11(2)20-19-10)9-18-15-7-13(8-15)12-3-5-14(17)6-4-12/h3-6,13,15,18H,7-9H2,1-2H3. The number of aromatic nitrogens is 1. The van der Waals surface area contributed by atoms with Crippen molar-refractivity contribution in [1.29, 1.82) is 0 Å². The molecule has 0 saturated heterocycles. The summed E-state index contributed by atoms with van der Waals surface area (Å²) in [6.07, 6.45) is 2.21. The second kappa shape index (κ2) is 5.37. The summed E-state index contributed by atoms with van der Waals surface area (Å²) < 4.78 is 18.0. The molecule has 3 nitrogen and oxygen atoms in total. The third-order valence-corrected chi connectivity index (χ3v) is 4.23. The summed E-state index contributed by atoms with van der Waals surface area (Å²) >= 11 is 0. The minimum absolute atomic E-state index is 0.166. The van der Waals surface area contributed by atoms with Crippen molar-refractivity contribution >= 4 is 0 Å². The molecule has 1 heterocycles. The molecule has 0 unspecified atom stereocenters. The lowest BCUT2D eigenvalue weighted by Crippen LogP contribution is -2.39. The predicted octanol–water partition coefficient (Wildman–Crippen LogP) is 3.47. The Balaban J connectivity index is 1.50. The summed E-state index contributed by atoms with van der Waals surface area (Å²) in [6.45, 7) is 4.72. The maximum Gasteiger partial charge on any atom is 0.138 e. The number of rotatable bonds is 4. The second-order valence-corrected chi connectivity index (χ2v) is 5.60. The first-order valence-electron chi connectivity index (χ1n) is 7.04. The van der Waals surface area contributed by atoms with Crippen LogP contribution in [0.15, 0.2) is 28.8 Å². The van der Waals surface area contributed by atoms with Crippen LogP contribution in [0, 0.1) is 19.7 Å². The molecule has 4 heteroatoms. The zero-order valence-corrected chi connectivity index (χ0v) is 11.8. The van der Waals surface area contributed by atoms with Gasteiger partial charge in [-0.05, 0) is 50.3 Å². The van der Waals surface area contributed by atoms with Gasteiger partial charge in [-0.3, -0.25) is 0 Å². The molecular formula is C16H19FN2O. The highest BCUT2D eigenvalue weighted by molar-refractivity contribution is 5.24. The summed E-state index contributed by atoms with van der Waals surface area (Å²) in [5.74, 6) is 1.28. The van der Waals surface area contributed by atoms with Gasteiger partial charge < -0.3 is 9.84 Å². The van der Waals surface area contributed by atoms with Gasteiger partial charge >= 0.3 is 0 Å². The third kappa shape index (κ3) is 2.61. The van der Waals surface area contributed by atoms with Crippen molar-refractivity contribution in [3.63, 3.8) is 0 Å². The summed E-state index contributed by atoms with van der Waals surface area (Å²) in [5.41, 5.74) is 3.36. The van der Waals surface area contributed by atoms with E-state index in [0.29, 0.717) is 12.0 Å². The highest BCUT2D eigenvalue weighted by Crippen LogP contribution is 2.37. The van der Waals surface area contributed by atoms with E-state index in [-0.39, 0.29) is 5.82 Å². The molecule has 0 bridgehead atoms. The first kappa shape index (κ1) is 13.3. The van der Waals surface area contributed by atoms with Crippen LogP contribution in [0.2, 0.25) is 0 Å². The topological polar surface area (TPSA) is 38.1 Å². The minimum Gasteiger partial charge on any atom is -0.361 e. The summed E-state index contributed by atoms with van der Waals surface area (Å²) in [6, 6.07) is 7.40. The van der Waals surface area contributed by atoms with Crippen LogP contribution in [0.5, 0.6) is 0 Å². The molecule has 0 spiro atoms. The molecule has 1 saturated carbocycles. The molecule has 20 heavy (non-hydrogen) atoms. The zero-order chi connectivity index (χ0) is 14.1. The first-order valence-corrected chi connectivity index (χ1v) is 7.04. The average molecular weight is 274 g/mol. The zero-order valence-electron chi connectivity index (χ0n) is 11.8. The van der Waals surface area contributed by atoms with Crippen LogP contribution >= 0.6 is 0 Å². The van der Waals surface area contributed by atoms with Gasteiger partial charge in [0.15, 0.2) is 0 Å². The molecule has 3 rings (SSSR count). The van der Waals surface area contributed by atoms with Crippen molar-refractivity contribution in [3.8, 4) is 0 Å². The number of aryl methyl sites for hydroxylation is 2. The highest BCUT2D eigenvalue weighted by atomic mass is 19.1. The number of nitrogens with one attached hydrogen (secondary N) is 1. The largest absolute Gasteiger partial charge is 0.361 e. The number of hydrogen-bond donors (Lipinski definition) is 1. The maximum atomic E-state index is 12.9. The molecular weight excluding hydrogens is 255 g/mol. The predicted molar refractivity (Wildman–Crippen MR) is 75.0 cm³/mol. The van der Waals surface area contributed by atoms with Crippen molar-refractivity contribution in [2.45, 2.75) is 45.2 Å². The van der Waals surface area contributed by atoms with E-state index in [1.54, 1.807) is 12.1 Å². The normalized spacial score (nSPS) is 21.8. The lowest BCUT2D eigenvalue weighted by atomic mass is 9.76. The molecule has 1 fully saturated rings. The molecule has 0 aliphatic heterocycles. The number of hydrogen-bond acceptors (Lipinski definition) is 3. The summed E-state index contributed by atoms with van der Waals surface area (Å²) in [5, 5.41) is 7.50. The molecule has 106 valence electrons. The van der Waals surface area contributed by atoms with Crippen LogP contribution in [0.4, 0.5) is 4.39 Å². The number of nitrogens with zero attached hydrogens (tertiary/aromatic N) is 1. The van der Waals surface area contributed by atoms with Crippen molar-refractivity contribution in [2.75, 3.05) is 0 Å². The van der Waals surface area contributed by atoms with E-state index < -0.39 is 0 Å². The van der Waals surface area contributed by atoms with Gasteiger partial charge in [0.25, 0.3) is 0 Å². The van der Waals surface area contributed by atoms with Gasteiger partial charge in [-0.1, -0.05) is 17.3 Å². The second-order valence-electron chi connectivity index (χ2n) is 5.60. The molecule has 1 aliphatic rings. The lowest BCUT2D eigenvalue weighted by Gasteiger charge is -2.36. The van der Waals surface area contributed by atoms with Crippen molar-refractivity contribution in [2.24, 2.45) is 0 Å². The Morgan fingerprint density at radius 3 is 2.55 bits per heavy atom. The van der Waals surface area contributed by atoms with E-state index in [2.05, 4.69) is 10.5 Å². The Morgan fingerprint density at radius 2 is 1.95 bits per heavy atom. The van der Waals surface area contributed by atoms with E-state index in [0.717, 1.165) is 36.4 Å². The molecule has 1 N–H and O–H groups in total. The van der Waals surface area contributed by atoms with E-state index in [1.165, 1.54) is 5.56 Å². The Morgan fingerprint density at radius 1 is 1.25 bits per heavy atom. The minimum atomic E-state index is -0.166. The fraction of sp³-hybridized carbons (Fsp3) is 0.438. The van der Waals surface area contributed by atoms with E-state index in [9.17, 15) is 4.39 Å². The van der Waals surface area contributed by atoms with Crippen LogP contribution in [0.25, 0.3) is 0 Å². The summed E-state index contributed by atoms with van der Waals surface area (Å²) in [7, 11) is 0. The van der Waals surface area contributed by atoms with E-state index in [1.807, 2.05) is 26.0 Å². The fourth-order valence-electron chi connectivity index (χ4n) is 2.79. The van der Waals surface area contributed by atoms with Crippen molar-refractivity contribution in [3.05, 3.63) is 52.7 Å². The number of halogens is 1. The van der Waals surface area contributed by atoms with Gasteiger partial charge in [0.05, 0.1) is 5.69 Å². The van der Waals surface area contributed by atoms with E-state index >= 15 is 0 Å². The molecule has 2 aromatic rings. The van der Waals surface area contributed by atoms with Gasteiger partial charge in [-0.15, -0.1) is 0 Å². The van der Waals surface area contributed by atoms with E-state index in [4.69, 9.17) is 4.52 Å². The van der Waals surface area contributed by atoms with Crippen molar-refractivity contribution < 1.29 is 8.91 Å². The number of benzene rings is 1.